The maximum absolute atomic E-state index is 12.6. The highest BCUT2D eigenvalue weighted by Gasteiger charge is 2.36. The van der Waals surface area contributed by atoms with E-state index in [0.29, 0.717) is 0 Å². The van der Waals surface area contributed by atoms with Crippen LogP contribution in [0.15, 0.2) is 33.9 Å². The van der Waals surface area contributed by atoms with Crippen molar-refractivity contribution >= 4 is 27.5 Å². The van der Waals surface area contributed by atoms with Crippen molar-refractivity contribution in [3.63, 3.8) is 0 Å². The van der Waals surface area contributed by atoms with Crippen LogP contribution in [0.5, 0.6) is 0 Å². The fraction of sp³-hybridized carbons (Fsp3) is 0.636. The van der Waals surface area contributed by atoms with Gasteiger partial charge in [-0.15, -0.1) is 0 Å². The van der Waals surface area contributed by atoms with E-state index >= 15 is 0 Å². The average molecular weight is 407 g/mol. The molecule has 0 saturated carbocycles. The van der Waals surface area contributed by atoms with E-state index in [2.05, 4.69) is 35.9 Å². The van der Waals surface area contributed by atoms with Crippen molar-refractivity contribution in [1.29, 1.82) is 0 Å². The first-order valence-corrected chi connectivity index (χ1v) is 10.8. The topological polar surface area (TPSA) is 34.1 Å². The quantitative estimate of drug-likeness (QED) is 0.308. The second-order valence-electron chi connectivity index (χ2n) is 7.30. The van der Waals surface area contributed by atoms with Crippen molar-refractivity contribution in [2.75, 3.05) is 0 Å². The van der Waals surface area contributed by atoms with Crippen LogP contribution in [0.25, 0.3) is 0 Å². The van der Waals surface area contributed by atoms with Crippen molar-refractivity contribution in [3.8, 4) is 0 Å². The number of rotatable bonds is 10. The van der Waals surface area contributed by atoms with Gasteiger partial charge in [-0.1, -0.05) is 87.2 Å². The molecule has 2 atom stereocenters. The van der Waals surface area contributed by atoms with Gasteiger partial charge in [0.05, 0.1) is 0 Å². The van der Waals surface area contributed by atoms with E-state index < -0.39 is 0 Å². The Morgan fingerprint density at radius 3 is 2.04 bits per heavy atom. The van der Waals surface area contributed by atoms with Gasteiger partial charge in [0.1, 0.15) is 0 Å². The molecule has 0 amide bonds. The number of carbonyl (C=O) groups excluding carboxylic acids is 2. The maximum atomic E-state index is 12.6. The first-order valence-electron chi connectivity index (χ1n) is 9.98. The van der Waals surface area contributed by atoms with Gasteiger partial charge in [0.15, 0.2) is 11.6 Å². The molecule has 0 fully saturated rings. The SMILES string of the molecule is CCCCCCC[C@H]1C=C(Br)[C@@H](CCCCC)C2=C1C(=O)C=CC2=O. The predicted octanol–water partition coefficient (Wildman–Crippen LogP) is 6.46. The summed E-state index contributed by atoms with van der Waals surface area (Å²) in [6.45, 7) is 4.40. The zero-order valence-electron chi connectivity index (χ0n) is 15.7. The largest absolute Gasteiger partial charge is 0.290 e. The summed E-state index contributed by atoms with van der Waals surface area (Å²) in [5.74, 6) is 0.246. The Morgan fingerprint density at radius 1 is 0.800 bits per heavy atom. The lowest BCUT2D eigenvalue weighted by Gasteiger charge is -2.32. The third-order valence-electron chi connectivity index (χ3n) is 5.33. The highest BCUT2D eigenvalue weighted by Crippen LogP contribution is 2.43. The molecule has 2 nitrogen and oxygen atoms in total. The standard InChI is InChI=1S/C22H31BrO2/c1-3-5-7-8-10-11-16-15-18(23)17(12-9-6-4-2)22-20(25)14-13-19(24)21(16)22/h13-17H,3-12H2,1-2H3/t16-,17+/m0/s1. The van der Waals surface area contributed by atoms with Crippen LogP contribution < -0.4 is 0 Å². The maximum Gasteiger partial charge on any atom is 0.183 e. The minimum absolute atomic E-state index is 0.0390. The molecule has 0 aromatic heterocycles. The molecule has 25 heavy (non-hydrogen) atoms. The van der Waals surface area contributed by atoms with Gasteiger partial charge in [-0.05, 0) is 29.5 Å². The normalized spacial score (nSPS) is 23.1. The van der Waals surface area contributed by atoms with E-state index in [1.165, 1.54) is 37.8 Å². The van der Waals surface area contributed by atoms with Crippen LogP contribution in [-0.4, -0.2) is 11.6 Å². The zero-order valence-corrected chi connectivity index (χ0v) is 17.2. The molecule has 0 aliphatic heterocycles. The summed E-state index contributed by atoms with van der Waals surface area (Å²) in [5, 5.41) is 0. The van der Waals surface area contributed by atoms with E-state index in [1.807, 2.05) is 0 Å². The Balaban J connectivity index is 2.15. The summed E-state index contributed by atoms with van der Waals surface area (Å²) in [5.41, 5.74) is 1.56. The van der Waals surface area contributed by atoms with Gasteiger partial charge >= 0.3 is 0 Å². The molecule has 2 rings (SSSR count). The molecular formula is C22H31BrO2. The highest BCUT2D eigenvalue weighted by atomic mass is 79.9. The second-order valence-corrected chi connectivity index (χ2v) is 8.21. The van der Waals surface area contributed by atoms with Gasteiger partial charge in [-0.3, -0.25) is 9.59 Å². The van der Waals surface area contributed by atoms with Gasteiger partial charge in [0.25, 0.3) is 0 Å². The van der Waals surface area contributed by atoms with Crippen LogP contribution >= 0.6 is 15.9 Å². The molecule has 0 saturated heterocycles. The minimum atomic E-state index is 0.0390. The van der Waals surface area contributed by atoms with E-state index in [-0.39, 0.29) is 23.4 Å². The number of hydrogen-bond acceptors (Lipinski definition) is 2. The molecule has 0 N–H and O–H groups in total. The van der Waals surface area contributed by atoms with E-state index in [4.69, 9.17) is 0 Å². The first kappa shape index (κ1) is 20.4. The number of ketones is 2. The number of unbranched alkanes of at least 4 members (excludes halogenated alkanes) is 6. The van der Waals surface area contributed by atoms with Crippen molar-refractivity contribution in [2.45, 2.75) is 78.1 Å². The summed E-state index contributed by atoms with van der Waals surface area (Å²) in [6.07, 6.45) is 16.6. The van der Waals surface area contributed by atoms with E-state index in [9.17, 15) is 9.59 Å². The van der Waals surface area contributed by atoms with E-state index in [0.717, 1.165) is 54.2 Å². The van der Waals surface area contributed by atoms with Crippen LogP contribution in [0.4, 0.5) is 0 Å². The summed E-state index contributed by atoms with van der Waals surface area (Å²) in [4.78, 5) is 25.1. The summed E-state index contributed by atoms with van der Waals surface area (Å²) in [6, 6.07) is 0. The molecule has 2 aliphatic carbocycles. The Labute approximate surface area is 161 Å². The highest BCUT2D eigenvalue weighted by molar-refractivity contribution is 9.11. The third-order valence-corrected chi connectivity index (χ3v) is 6.15. The first-order chi connectivity index (χ1) is 12.1. The van der Waals surface area contributed by atoms with Crippen LogP contribution in [0.3, 0.4) is 0 Å². The molecule has 0 heterocycles. The minimum Gasteiger partial charge on any atom is -0.290 e. The monoisotopic (exact) mass is 406 g/mol. The van der Waals surface area contributed by atoms with Crippen LogP contribution in [0.2, 0.25) is 0 Å². The molecule has 0 spiro atoms. The Hall–Kier alpha value is -0.960. The van der Waals surface area contributed by atoms with Crippen molar-refractivity contribution in [2.24, 2.45) is 11.8 Å². The lowest BCUT2D eigenvalue weighted by atomic mass is 9.73. The Kier molecular flexibility index (Phi) is 8.35. The fourth-order valence-electron chi connectivity index (χ4n) is 3.94. The van der Waals surface area contributed by atoms with Gasteiger partial charge in [-0.2, -0.15) is 0 Å². The lowest BCUT2D eigenvalue weighted by Crippen LogP contribution is -2.28. The van der Waals surface area contributed by atoms with Crippen LogP contribution in [0, 0.1) is 11.8 Å². The lowest BCUT2D eigenvalue weighted by molar-refractivity contribution is -0.115. The summed E-state index contributed by atoms with van der Waals surface area (Å²) < 4.78 is 1.11. The van der Waals surface area contributed by atoms with Gasteiger partial charge in [0.2, 0.25) is 0 Å². The molecular weight excluding hydrogens is 376 g/mol. The molecule has 0 bridgehead atoms. The van der Waals surface area contributed by atoms with Crippen LogP contribution in [-0.2, 0) is 9.59 Å². The van der Waals surface area contributed by atoms with E-state index in [1.54, 1.807) is 0 Å². The number of allylic oxidation sites excluding steroid dienone is 6. The molecule has 2 aliphatic rings. The molecule has 0 aromatic rings. The van der Waals surface area contributed by atoms with Gasteiger partial charge in [-0.25, -0.2) is 0 Å². The summed E-state index contributed by atoms with van der Waals surface area (Å²) in [7, 11) is 0. The molecule has 138 valence electrons. The van der Waals surface area contributed by atoms with Gasteiger partial charge < -0.3 is 0 Å². The predicted molar refractivity (Wildman–Crippen MR) is 108 cm³/mol. The van der Waals surface area contributed by atoms with Crippen molar-refractivity contribution in [1.82, 2.24) is 0 Å². The van der Waals surface area contributed by atoms with Gasteiger partial charge in [0, 0.05) is 23.0 Å². The smallest absolute Gasteiger partial charge is 0.183 e. The molecule has 3 heteroatoms. The Bertz CT molecular complexity index is 583. The van der Waals surface area contributed by atoms with Crippen LogP contribution in [0.1, 0.15) is 78.1 Å². The number of carbonyl (C=O) groups is 2. The second kappa shape index (κ2) is 10.3. The van der Waals surface area contributed by atoms with Crippen molar-refractivity contribution < 1.29 is 9.59 Å². The molecule has 0 unspecified atom stereocenters. The average Bonchev–Trinajstić information content (AvgIpc) is 2.59. The zero-order chi connectivity index (χ0) is 18.2. The summed E-state index contributed by atoms with van der Waals surface area (Å²) >= 11 is 3.73. The van der Waals surface area contributed by atoms with Crippen molar-refractivity contribution in [3.05, 3.63) is 33.9 Å². The number of hydrogen-bond donors (Lipinski definition) is 0. The fourth-order valence-corrected chi connectivity index (χ4v) is 4.72. The molecule has 0 aromatic carbocycles. The Morgan fingerprint density at radius 2 is 1.36 bits per heavy atom. The number of halogens is 1. The molecule has 0 radical (unpaired) electrons. The third kappa shape index (κ3) is 5.26.